The van der Waals surface area contributed by atoms with Crippen molar-refractivity contribution in [2.45, 2.75) is 56.8 Å². The van der Waals surface area contributed by atoms with Crippen LogP contribution in [0.1, 0.15) is 56.3 Å². The van der Waals surface area contributed by atoms with Gasteiger partial charge in [-0.3, -0.25) is 5.32 Å². The van der Waals surface area contributed by atoms with Crippen molar-refractivity contribution in [2.24, 2.45) is 5.41 Å². The fraction of sp³-hybridized carbons (Fsp3) is 0.312. The number of imidazole rings is 2. The second-order valence-electron chi connectivity index (χ2n) is 11.7. The van der Waals surface area contributed by atoms with Crippen molar-refractivity contribution in [1.82, 2.24) is 30.6 Å². The van der Waals surface area contributed by atoms with Gasteiger partial charge < -0.3 is 15.3 Å². The minimum Gasteiger partial charge on any atom is -0.341 e. The lowest BCUT2D eigenvalue weighted by Crippen LogP contribution is -2.22. The lowest BCUT2D eigenvalue weighted by molar-refractivity contribution is 0.488. The lowest BCUT2D eigenvalue weighted by Gasteiger charge is -2.10. The number of halogens is 1. The highest BCUT2D eigenvalue weighted by Crippen LogP contribution is 2.57. The van der Waals surface area contributed by atoms with Crippen LogP contribution in [0.5, 0.6) is 0 Å². The molecule has 2 aliphatic heterocycles. The number of rotatable bonds is 4. The molecule has 5 atom stereocenters. The number of fused-ring (bicyclic) bond motifs is 4. The Labute approximate surface area is 232 Å². The summed E-state index contributed by atoms with van der Waals surface area (Å²) < 4.78 is 0. The van der Waals surface area contributed by atoms with Gasteiger partial charge in [0.05, 0.1) is 29.2 Å². The summed E-state index contributed by atoms with van der Waals surface area (Å²) in [5, 5.41) is 10.1. The highest BCUT2D eigenvalue weighted by Gasteiger charge is 2.57. The highest BCUT2D eigenvalue weighted by molar-refractivity contribution is 6.31. The number of hydrogen-bond donors (Lipinski definition) is 4. The van der Waals surface area contributed by atoms with E-state index in [1.54, 1.807) is 0 Å². The van der Waals surface area contributed by atoms with Crippen LogP contribution < -0.4 is 10.6 Å². The third-order valence-electron chi connectivity index (χ3n) is 9.09. The third-order valence-corrected chi connectivity index (χ3v) is 9.36. The van der Waals surface area contributed by atoms with Crippen molar-refractivity contribution >= 4 is 33.4 Å². The van der Waals surface area contributed by atoms with Crippen molar-refractivity contribution in [2.75, 3.05) is 0 Å². The second kappa shape index (κ2) is 8.43. The zero-order chi connectivity index (χ0) is 26.3. The Hall–Kier alpha value is -3.63. The number of benzene rings is 3. The van der Waals surface area contributed by atoms with Crippen molar-refractivity contribution < 1.29 is 0 Å². The van der Waals surface area contributed by atoms with Crippen LogP contribution >= 0.6 is 11.6 Å². The Kier molecular flexibility index (Phi) is 5.03. The topological polar surface area (TPSA) is 81.4 Å². The summed E-state index contributed by atoms with van der Waals surface area (Å²) in [6.45, 7) is 2.35. The normalized spacial score (nSPS) is 27.7. The monoisotopic (exact) mass is 532 g/mol. The minimum atomic E-state index is 0.124. The molecule has 1 unspecified atom stereocenters. The van der Waals surface area contributed by atoms with Gasteiger partial charge in [0.1, 0.15) is 22.5 Å². The third kappa shape index (κ3) is 3.80. The summed E-state index contributed by atoms with van der Waals surface area (Å²) in [6, 6.07) is 20.5. The fourth-order valence-corrected chi connectivity index (χ4v) is 6.89. The molecule has 2 saturated heterocycles. The predicted octanol–water partition coefficient (Wildman–Crippen LogP) is 6.67. The molecular weight excluding hydrogens is 504 g/mol. The van der Waals surface area contributed by atoms with Crippen molar-refractivity contribution in [3.8, 4) is 34.7 Å². The number of aromatic amines is 2. The molecule has 1 saturated carbocycles. The standard InChI is InChI=1S/C32H29ClN6/c1-3-21-10-13-24(34-21)30-36-23-12-9-20-14-19(8-11-22(20)28(23)38-30)17-4-6-18(7-5-17)27-29(33)39-31(37-27)25-15-32(2)16-26(32)35-25/h1,4-9,11-12,14,21,24-26,34-35H,10,13,15-16H2,2H3,(H,36,38)(H,37,39)/t21-,24+,25+,26-,32?/m1/s1. The average Bonchev–Trinajstić information content (AvgIpc) is 3.51. The fourth-order valence-electron chi connectivity index (χ4n) is 6.64. The van der Waals surface area contributed by atoms with Gasteiger partial charge in [0.25, 0.3) is 0 Å². The van der Waals surface area contributed by atoms with E-state index in [0.717, 1.165) is 69.7 Å². The Bertz CT molecular complexity index is 1790. The summed E-state index contributed by atoms with van der Waals surface area (Å²) >= 11 is 6.60. The van der Waals surface area contributed by atoms with Crippen LogP contribution in [0.4, 0.5) is 0 Å². The first-order valence-corrected chi connectivity index (χ1v) is 14.1. The molecule has 4 N–H and O–H groups in total. The molecule has 4 heterocycles. The van der Waals surface area contributed by atoms with Gasteiger partial charge >= 0.3 is 0 Å². The van der Waals surface area contributed by atoms with Crippen LogP contribution in [0.25, 0.3) is 44.2 Å². The van der Waals surface area contributed by atoms with Crippen LogP contribution in [0.2, 0.25) is 5.15 Å². The number of nitrogens with zero attached hydrogens (tertiary/aromatic N) is 2. The quantitative estimate of drug-likeness (QED) is 0.195. The molecule has 0 spiro atoms. The Morgan fingerprint density at radius 2 is 1.67 bits per heavy atom. The first-order valence-electron chi connectivity index (χ1n) is 13.7. The summed E-state index contributed by atoms with van der Waals surface area (Å²) in [4.78, 5) is 16.7. The van der Waals surface area contributed by atoms with Gasteiger partial charge in [-0.1, -0.05) is 66.9 Å². The van der Waals surface area contributed by atoms with E-state index in [0.29, 0.717) is 16.6 Å². The number of aromatic nitrogens is 4. The molecule has 194 valence electrons. The number of nitrogens with one attached hydrogen (secondary N) is 4. The highest BCUT2D eigenvalue weighted by atomic mass is 35.5. The molecule has 2 aromatic heterocycles. The van der Waals surface area contributed by atoms with Gasteiger partial charge in [-0.15, -0.1) is 6.42 Å². The molecule has 7 heteroatoms. The van der Waals surface area contributed by atoms with E-state index >= 15 is 0 Å². The van der Waals surface area contributed by atoms with Gasteiger partial charge in [0.15, 0.2) is 0 Å². The Balaban J connectivity index is 1.06. The van der Waals surface area contributed by atoms with Crippen molar-refractivity contribution in [3.63, 3.8) is 0 Å². The lowest BCUT2D eigenvalue weighted by atomic mass is 9.99. The molecule has 0 bridgehead atoms. The maximum absolute atomic E-state index is 6.60. The van der Waals surface area contributed by atoms with E-state index in [2.05, 4.69) is 88.0 Å². The van der Waals surface area contributed by atoms with Crippen LogP contribution in [0.3, 0.4) is 0 Å². The van der Waals surface area contributed by atoms with E-state index in [-0.39, 0.29) is 18.1 Å². The molecule has 3 aromatic carbocycles. The van der Waals surface area contributed by atoms with E-state index in [1.165, 1.54) is 11.8 Å². The van der Waals surface area contributed by atoms with Gasteiger partial charge in [0.2, 0.25) is 0 Å². The summed E-state index contributed by atoms with van der Waals surface area (Å²) in [5.41, 5.74) is 6.62. The van der Waals surface area contributed by atoms with Gasteiger partial charge in [0, 0.05) is 17.0 Å². The molecular formula is C32H29ClN6. The smallest absolute Gasteiger partial charge is 0.134 e. The Morgan fingerprint density at radius 3 is 2.44 bits per heavy atom. The SMILES string of the molecule is C#C[C@@H]1CC[C@@H](c2nc3c(ccc4cc(-c5ccc(-c6nc([C@@H]7CC8(C)C[C@H]8N7)[nH]c6Cl)cc5)ccc43)[nH]2)N1. The van der Waals surface area contributed by atoms with Gasteiger partial charge in [-0.25, -0.2) is 9.97 Å². The molecule has 8 rings (SSSR count). The first-order chi connectivity index (χ1) is 19.0. The number of terminal acetylenes is 1. The van der Waals surface area contributed by atoms with E-state index in [4.69, 9.17) is 28.0 Å². The first kappa shape index (κ1) is 23.3. The predicted molar refractivity (Wildman–Crippen MR) is 156 cm³/mol. The molecule has 1 aliphatic carbocycles. The minimum absolute atomic E-state index is 0.124. The van der Waals surface area contributed by atoms with Gasteiger partial charge in [-0.05, 0) is 59.7 Å². The van der Waals surface area contributed by atoms with Gasteiger partial charge in [-0.2, -0.15) is 0 Å². The average molecular weight is 533 g/mol. The van der Waals surface area contributed by atoms with Crippen LogP contribution in [-0.4, -0.2) is 32.0 Å². The van der Waals surface area contributed by atoms with Crippen LogP contribution in [-0.2, 0) is 0 Å². The second-order valence-corrected chi connectivity index (χ2v) is 12.1. The largest absolute Gasteiger partial charge is 0.341 e. The van der Waals surface area contributed by atoms with E-state index < -0.39 is 0 Å². The number of piperidine rings is 1. The molecule has 0 amide bonds. The number of H-pyrrole nitrogens is 2. The Morgan fingerprint density at radius 1 is 0.872 bits per heavy atom. The van der Waals surface area contributed by atoms with E-state index in [9.17, 15) is 0 Å². The molecule has 39 heavy (non-hydrogen) atoms. The molecule has 3 fully saturated rings. The summed E-state index contributed by atoms with van der Waals surface area (Å²) in [5.74, 6) is 4.72. The molecule has 6 nitrogen and oxygen atoms in total. The van der Waals surface area contributed by atoms with E-state index in [1.807, 2.05) is 0 Å². The van der Waals surface area contributed by atoms with Crippen molar-refractivity contribution in [1.29, 1.82) is 0 Å². The zero-order valence-corrected chi connectivity index (χ0v) is 22.4. The molecule has 3 aliphatic rings. The zero-order valence-electron chi connectivity index (χ0n) is 21.7. The molecule has 0 radical (unpaired) electrons. The molecule has 5 aromatic rings. The maximum atomic E-state index is 6.60. The van der Waals surface area contributed by atoms with Crippen molar-refractivity contribution in [3.05, 3.63) is 71.4 Å². The number of hydrogen-bond acceptors (Lipinski definition) is 4. The van der Waals surface area contributed by atoms with Crippen LogP contribution in [0.15, 0.2) is 54.6 Å². The maximum Gasteiger partial charge on any atom is 0.134 e. The van der Waals surface area contributed by atoms with Crippen LogP contribution in [0, 0.1) is 17.8 Å². The summed E-state index contributed by atoms with van der Waals surface area (Å²) in [7, 11) is 0. The summed E-state index contributed by atoms with van der Waals surface area (Å²) in [6.07, 6.45) is 9.95.